The van der Waals surface area contributed by atoms with Crippen LogP contribution in [0.5, 0.6) is 0 Å². The second kappa shape index (κ2) is 3.48. The summed E-state index contributed by atoms with van der Waals surface area (Å²) in [5, 5.41) is 0. The Hall–Kier alpha value is -1.18. The van der Waals surface area contributed by atoms with Crippen molar-refractivity contribution in [2.75, 3.05) is 7.11 Å². The number of methoxy groups -OCH3 is 1. The van der Waals surface area contributed by atoms with E-state index in [0.29, 0.717) is 6.42 Å². The molecule has 0 saturated carbocycles. The predicted molar refractivity (Wildman–Crippen MR) is 45.4 cm³/mol. The van der Waals surface area contributed by atoms with Gasteiger partial charge in [0, 0.05) is 13.5 Å². The summed E-state index contributed by atoms with van der Waals surface area (Å²) < 4.78 is 5.11. The van der Waals surface area contributed by atoms with Gasteiger partial charge in [-0.15, -0.1) is 0 Å². The minimum absolute atomic E-state index is 0.598. The van der Waals surface area contributed by atoms with Crippen LogP contribution < -0.4 is 0 Å². The van der Waals surface area contributed by atoms with Gasteiger partial charge in [0.1, 0.15) is 0 Å². The number of nitrogens with zero attached hydrogens (tertiary/aromatic N) is 1. The van der Waals surface area contributed by atoms with Gasteiger partial charge in [0.15, 0.2) is 5.72 Å². The van der Waals surface area contributed by atoms with E-state index in [1.807, 2.05) is 19.1 Å². The molecule has 0 heterocycles. The zero-order valence-electron chi connectivity index (χ0n) is 7.20. The highest BCUT2D eigenvalue weighted by atomic mass is 16.5. The van der Waals surface area contributed by atoms with Crippen LogP contribution in [0.25, 0.3) is 0 Å². The van der Waals surface area contributed by atoms with Gasteiger partial charge in [-0.05, 0) is 13.0 Å². The van der Waals surface area contributed by atoms with Gasteiger partial charge in [0.05, 0.1) is 0 Å². The van der Waals surface area contributed by atoms with Gasteiger partial charge >= 0.3 is 0 Å². The van der Waals surface area contributed by atoms with Gasteiger partial charge in [0.2, 0.25) is 6.08 Å². The Bertz CT molecular complexity index is 274. The third kappa shape index (κ3) is 1.70. The Morgan fingerprint density at radius 3 is 2.92 bits per heavy atom. The molecule has 0 aromatic heterocycles. The summed E-state index contributed by atoms with van der Waals surface area (Å²) in [7, 11) is 1.53. The van der Waals surface area contributed by atoms with Gasteiger partial charge in [-0.25, -0.2) is 4.79 Å². The van der Waals surface area contributed by atoms with E-state index in [1.54, 1.807) is 6.08 Å². The van der Waals surface area contributed by atoms with Crippen molar-refractivity contribution in [2.24, 2.45) is 4.99 Å². The van der Waals surface area contributed by atoms with Crippen molar-refractivity contribution in [3.05, 3.63) is 23.8 Å². The molecule has 3 heteroatoms. The van der Waals surface area contributed by atoms with Crippen LogP contribution in [-0.4, -0.2) is 18.9 Å². The lowest BCUT2D eigenvalue weighted by Crippen LogP contribution is -2.26. The highest BCUT2D eigenvalue weighted by Gasteiger charge is 2.26. The molecule has 0 amide bonds. The lowest BCUT2D eigenvalue weighted by molar-refractivity contribution is 0.0416. The third-order valence-electron chi connectivity index (χ3n) is 1.91. The molecule has 0 aromatic carbocycles. The van der Waals surface area contributed by atoms with Crippen LogP contribution in [0, 0.1) is 0 Å². The van der Waals surface area contributed by atoms with Crippen LogP contribution in [0.4, 0.5) is 0 Å². The van der Waals surface area contributed by atoms with Gasteiger partial charge < -0.3 is 4.74 Å². The Balaban J connectivity index is 2.87. The lowest BCUT2D eigenvalue weighted by Gasteiger charge is -2.23. The normalized spacial score (nSPS) is 27.7. The molecule has 0 saturated heterocycles. The molecule has 0 bridgehead atoms. The second-order valence-electron chi connectivity index (χ2n) is 2.74. The lowest BCUT2D eigenvalue weighted by atomic mass is 10.0. The van der Waals surface area contributed by atoms with Gasteiger partial charge in [-0.3, -0.25) is 0 Å². The standard InChI is InChI=1S/C9H11NO2/c1-8-3-5-9(12-2,6-4-8)10-7-11/h3-5H,6H2,1-2H3. The molecule has 12 heavy (non-hydrogen) atoms. The molecular formula is C9H11NO2. The first-order valence-corrected chi connectivity index (χ1v) is 3.72. The number of rotatable bonds is 2. The fourth-order valence-corrected chi connectivity index (χ4v) is 1.06. The molecule has 0 aromatic rings. The SMILES string of the molecule is COC1(N=C=O)C=CC(C)=CC1. The van der Waals surface area contributed by atoms with E-state index < -0.39 is 5.72 Å². The molecule has 0 radical (unpaired) electrons. The average molecular weight is 165 g/mol. The molecule has 3 nitrogen and oxygen atoms in total. The summed E-state index contributed by atoms with van der Waals surface area (Å²) >= 11 is 0. The van der Waals surface area contributed by atoms with Gasteiger partial charge in [-0.1, -0.05) is 17.7 Å². The summed E-state index contributed by atoms with van der Waals surface area (Å²) in [6, 6.07) is 0. The molecule has 1 unspecified atom stereocenters. The molecule has 0 fully saturated rings. The van der Waals surface area contributed by atoms with Crippen molar-refractivity contribution < 1.29 is 9.53 Å². The first-order chi connectivity index (χ1) is 5.72. The zero-order chi connectivity index (χ0) is 9.03. The Kier molecular flexibility index (Phi) is 2.58. The van der Waals surface area contributed by atoms with Crippen LogP contribution in [0.1, 0.15) is 13.3 Å². The topological polar surface area (TPSA) is 38.7 Å². The summed E-state index contributed by atoms with van der Waals surface area (Å²) in [4.78, 5) is 13.7. The van der Waals surface area contributed by atoms with Crippen molar-refractivity contribution in [1.29, 1.82) is 0 Å². The average Bonchev–Trinajstić information content (AvgIpc) is 2.10. The molecule has 1 rings (SSSR count). The minimum atomic E-state index is -0.804. The Morgan fingerprint density at radius 2 is 2.50 bits per heavy atom. The van der Waals surface area contributed by atoms with Crippen LogP contribution in [-0.2, 0) is 9.53 Å². The molecule has 0 aliphatic heterocycles. The summed E-state index contributed by atoms with van der Waals surface area (Å²) in [6.45, 7) is 1.99. The van der Waals surface area contributed by atoms with E-state index in [-0.39, 0.29) is 0 Å². The fourth-order valence-electron chi connectivity index (χ4n) is 1.06. The van der Waals surface area contributed by atoms with Gasteiger partial charge in [0.25, 0.3) is 0 Å². The minimum Gasteiger partial charge on any atom is -0.352 e. The van der Waals surface area contributed by atoms with E-state index in [2.05, 4.69) is 4.99 Å². The smallest absolute Gasteiger partial charge is 0.238 e. The molecule has 1 aliphatic rings. The van der Waals surface area contributed by atoms with Crippen LogP contribution in [0.15, 0.2) is 28.8 Å². The third-order valence-corrected chi connectivity index (χ3v) is 1.91. The Morgan fingerprint density at radius 1 is 1.75 bits per heavy atom. The first kappa shape index (κ1) is 8.91. The highest BCUT2D eigenvalue weighted by Crippen LogP contribution is 2.24. The first-order valence-electron chi connectivity index (χ1n) is 3.72. The maximum Gasteiger partial charge on any atom is 0.238 e. The van der Waals surface area contributed by atoms with Crippen molar-refractivity contribution in [2.45, 2.75) is 19.1 Å². The number of hydrogen-bond acceptors (Lipinski definition) is 3. The summed E-state index contributed by atoms with van der Waals surface area (Å²) in [6.07, 6.45) is 7.74. The number of allylic oxidation sites excluding steroid dienone is 2. The second-order valence-corrected chi connectivity index (χ2v) is 2.74. The largest absolute Gasteiger partial charge is 0.352 e. The molecule has 0 N–H and O–H groups in total. The maximum absolute atomic E-state index is 10.1. The monoisotopic (exact) mass is 165 g/mol. The van der Waals surface area contributed by atoms with E-state index in [0.717, 1.165) is 5.57 Å². The van der Waals surface area contributed by atoms with E-state index in [1.165, 1.54) is 13.2 Å². The Labute approximate surface area is 71.4 Å². The quantitative estimate of drug-likeness (QED) is 0.460. The van der Waals surface area contributed by atoms with Crippen molar-refractivity contribution in [3.63, 3.8) is 0 Å². The molecule has 64 valence electrons. The number of ether oxygens (including phenoxy) is 1. The molecule has 1 aliphatic carbocycles. The van der Waals surface area contributed by atoms with Crippen LogP contribution in [0.2, 0.25) is 0 Å². The van der Waals surface area contributed by atoms with Crippen LogP contribution >= 0.6 is 0 Å². The van der Waals surface area contributed by atoms with Crippen molar-refractivity contribution in [3.8, 4) is 0 Å². The number of aliphatic imine (C=N–C) groups is 1. The number of isocyanates is 1. The number of carbonyl (C=O) groups excluding carboxylic acids is 1. The summed E-state index contributed by atoms with van der Waals surface area (Å²) in [5.74, 6) is 0. The fraction of sp³-hybridized carbons (Fsp3) is 0.444. The van der Waals surface area contributed by atoms with Crippen molar-refractivity contribution in [1.82, 2.24) is 0 Å². The van der Waals surface area contributed by atoms with E-state index >= 15 is 0 Å². The molecule has 0 spiro atoms. The molecule has 1 atom stereocenters. The highest BCUT2D eigenvalue weighted by molar-refractivity contribution is 5.37. The van der Waals surface area contributed by atoms with E-state index in [4.69, 9.17) is 4.74 Å². The number of hydrogen-bond donors (Lipinski definition) is 0. The maximum atomic E-state index is 10.1. The molecular weight excluding hydrogens is 154 g/mol. The zero-order valence-corrected chi connectivity index (χ0v) is 7.20. The van der Waals surface area contributed by atoms with Crippen LogP contribution in [0.3, 0.4) is 0 Å². The van der Waals surface area contributed by atoms with Gasteiger partial charge in [-0.2, -0.15) is 4.99 Å². The van der Waals surface area contributed by atoms with E-state index in [9.17, 15) is 4.79 Å². The summed E-state index contributed by atoms with van der Waals surface area (Å²) in [5.41, 5.74) is 0.352. The predicted octanol–water partition coefficient (Wildman–Crippen LogP) is 1.57. The van der Waals surface area contributed by atoms with Crippen molar-refractivity contribution >= 4 is 6.08 Å².